The summed E-state index contributed by atoms with van der Waals surface area (Å²) in [6.45, 7) is 5.26. The monoisotopic (exact) mass is 424 g/mol. The van der Waals surface area contributed by atoms with Gasteiger partial charge in [-0.25, -0.2) is 13.2 Å². The largest absolute Gasteiger partial charge is 0.452 e. The minimum Gasteiger partial charge on any atom is -0.452 e. The van der Waals surface area contributed by atoms with Crippen LogP contribution in [0.3, 0.4) is 0 Å². The zero-order chi connectivity index (χ0) is 21.0. The van der Waals surface area contributed by atoms with Crippen LogP contribution in [0.2, 0.25) is 0 Å². The number of carbonyl (C=O) groups is 2. The molecule has 2 saturated heterocycles. The van der Waals surface area contributed by atoms with E-state index in [1.54, 1.807) is 4.90 Å². The van der Waals surface area contributed by atoms with E-state index >= 15 is 0 Å². The number of hydrogen-bond donors (Lipinski definition) is 0. The van der Waals surface area contributed by atoms with E-state index in [0.717, 1.165) is 19.3 Å². The number of ether oxygens (including phenoxy) is 2. The van der Waals surface area contributed by atoms with Crippen molar-refractivity contribution >= 4 is 21.9 Å². The number of carbonyl (C=O) groups excluding carboxylic acids is 2. The van der Waals surface area contributed by atoms with Gasteiger partial charge in [-0.15, -0.1) is 0 Å². The summed E-state index contributed by atoms with van der Waals surface area (Å²) in [4.78, 5) is 26.4. The molecule has 0 radical (unpaired) electrons. The second kappa shape index (κ2) is 9.23. The van der Waals surface area contributed by atoms with Crippen molar-refractivity contribution in [3.63, 3.8) is 0 Å². The molecule has 2 aliphatic heterocycles. The Bertz CT molecular complexity index is 840. The molecule has 2 atom stereocenters. The number of esters is 1. The van der Waals surface area contributed by atoms with Crippen LogP contribution < -0.4 is 0 Å². The van der Waals surface area contributed by atoms with Gasteiger partial charge in [0, 0.05) is 26.2 Å². The van der Waals surface area contributed by atoms with Crippen molar-refractivity contribution in [2.45, 2.75) is 50.2 Å². The van der Waals surface area contributed by atoms with Crippen LogP contribution in [0.5, 0.6) is 0 Å². The molecule has 1 aromatic rings. The van der Waals surface area contributed by atoms with Crippen molar-refractivity contribution in [2.75, 3.05) is 32.8 Å². The van der Waals surface area contributed by atoms with Crippen LogP contribution in [-0.2, 0) is 24.3 Å². The van der Waals surface area contributed by atoms with Gasteiger partial charge in [0.25, 0.3) is 5.91 Å². The summed E-state index contributed by atoms with van der Waals surface area (Å²) in [7, 11) is -3.64. The van der Waals surface area contributed by atoms with Crippen molar-refractivity contribution in [3.05, 3.63) is 29.8 Å². The number of piperidine rings is 1. The predicted octanol–water partition coefficient (Wildman–Crippen LogP) is 1.65. The summed E-state index contributed by atoms with van der Waals surface area (Å²) in [5.74, 6) is -1.01. The maximum Gasteiger partial charge on any atom is 0.338 e. The SMILES string of the molecule is C[C@@H]1CN(C(=O)COC(=O)c2cccc(S(=O)(=O)N3CCCCC3)c2)C[C@H](C)O1. The van der Waals surface area contributed by atoms with E-state index in [0.29, 0.717) is 26.2 Å². The van der Waals surface area contributed by atoms with Gasteiger partial charge in [0.05, 0.1) is 22.7 Å². The molecular formula is C20H28N2O6S. The lowest BCUT2D eigenvalue weighted by atomic mass is 10.2. The molecule has 0 aromatic heterocycles. The first-order valence-electron chi connectivity index (χ1n) is 9.98. The number of benzene rings is 1. The van der Waals surface area contributed by atoms with Crippen LogP contribution in [0.4, 0.5) is 0 Å². The molecule has 0 bridgehead atoms. The van der Waals surface area contributed by atoms with Gasteiger partial charge in [0.1, 0.15) is 0 Å². The van der Waals surface area contributed by atoms with Crippen LogP contribution in [-0.4, -0.2) is 74.5 Å². The Hall–Kier alpha value is -1.97. The van der Waals surface area contributed by atoms with Gasteiger partial charge in [0.2, 0.25) is 10.0 Å². The lowest BCUT2D eigenvalue weighted by molar-refractivity contribution is -0.146. The number of nitrogens with zero attached hydrogens (tertiary/aromatic N) is 2. The summed E-state index contributed by atoms with van der Waals surface area (Å²) < 4.78 is 37.8. The third-order valence-electron chi connectivity index (χ3n) is 5.12. The van der Waals surface area contributed by atoms with E-state index in [-0.39, 0.29) is 35.2 Å². The first-order valence-corrected chi connectivity index (χ1v) is 11.4. The molecule has 29 heavy (non-hydrogen) atoms. The van der Waals surface area contributed by atoms with Gasteiger partial charge < -0.3 is 14.4 Å². The minimum atomic E-state index is -3.64. The fourth-order valence-electron chi connectivity index (χ4n) is 3.72. The molecule has 2 aliphatic rings. The molecule has 2 fully saturated rings. The molecule has 0 spiro atoms. The van der Waals surface area contributed by atoms with Crippen LogP contribution in [0.1, 0.15) is 43.5 Å². The van der Waals surface area contributed by atoms with Crippen molar-refractivity contribution < 1.29 is 27.5 Å². The summed E-state index contributed by atoms with van der Waals surface area (Å²) >= 11 is 0. The molecule has 0 unspecified atom stereocenters. The fourth-order valence-corrected chi connectivity index (χ4v) is 5.28. The average molecular weight is 425 g/mol. The number of morpholine rings is 1. The molecule has 8 nitrogen and oxygen atoms in total. The van der Waals surface area contributed by atoms with Crippen LogP contribution in [0.25, 0.3) is 0 Å². The predicted molar refractivity (Wildman–Crippen MR) is 106 cm³/mol. The quantitative estimate of drug-likeness (QED) is 0.668. The summed E-state index contributed by atoms with van der Waals surface area (Å²) in [5.41, 5.74) is 0.111. The molecule has 1 aromatic carbocycles. The summed E-state index contributed by atoms with van der Waals surface area (Å²) in [5, 5.41) is 0. The van der Waals surface area contributed by atoms with E-state index in [1.165, 1.54) is 28.6 Å². The number of amides is 1. The molecular weight excluding hydrogens is 396 g/mol. The molecule has 0 aliphatic carbocycles. The Labute approximate surface area is 171 Å². The van der Waals surface area contributed by atoms with Gasteiger partial charge >= 0.3 is 5.97 Å². The van der Waals surface area contributed by atoms with Crippen molar-refractivity contribution in [1.82, 2.24) is 9.21 Å². The van der Waals surface area contributed by atoms with E-state index in [1.807, 2.05) is 13.8 Å². The van der Waals surface area contributed by atoms with Crippen molar-refractivity contribution in [1.29, 1.82) is 0 Å². The molecule has 160 valence electrons. The summed E-state index contributed by atoms with van der Waals surface area (Å²) in [6.07, 6.45) is 2.54. The van der Waals surface area contributed by atoms with Gasteiger partial charge in [-0.2, -0.15) is 4.31 Å². The summed E-state index contributed by atoms with van der Waals surface area (Å²) in [6, 6.07) is 5.79. The number of hydrogen-bond acceptors (Lipinski definition) is 6. The van der Waals surface area contributed by atoms with Gasteiger partial charge in [-0.3, -0.25) is 4.79 Å². The lowest BCUT2D eigenvalue weighted by Gasteiger charge is -2.35. The van der Waals surface area contributed by atoms with E-state index < -0.39 is 16.0 Å². The fraction of sp³-hybridized carbons (Fsp3) is 0.600. The Kier molecular flexibility index (Phi) is 6.92. The van der Waals surface area contributed by atoms with Gasteiger partial charge in [-0.1, -0.05) is 12.5 Å². The van der Waals surface area contributed by atoms with Crippen LogP contribution >= 0.6 is 0 Å². The Morgan fingerprint density at radius 1 is 1.10 bits per heavy atom. The van der Waals surface area contributed by atoms with E-state index in [9.17, 15) is 18.0 Å². The normalized spacial score (nSPS) is 23.6. The minimum absolute atomic E-state index is 0.0657. The Morgan fingerprint density at radius 3 is 2.41 bits per heavy atom. The highest BCUT2D eigenvalue weighted by atomic mass is 32.2. The van der Waals surface area contributed by atoms with Crippen molar-refractivity contribution in [2.24, 2.45) is 0 Å². The molecule has 0 N–H and O–H groups in total. The lowest BCUT2D eigenvalue weighted by Crippen LogP contribution is -2.49. The number of sulfonamides is 1. The highest BCUT2D eigenvalue weighted by Gasteiger charge is 2.28. The maximum absolute atomic E-state index is 12.8. The number of rotatable bonds is 5. The third-order valence-corrected chi connectivity index (χ3v) is 7.02. The Balaban J connectivity index is 1.63. The maximum atomic E-state index is 12.8. The Morgan fingerprint density at radius 2 is 1.76 bits per heavy atom. The zero-order valence-electron chi connectivity index (χ0n) is 16.9. The average Bonchev–Trinajstić information content (AvgIpc) is 2.71. The first kappa shape index (κ1) is 21.7. The van der Waals surface area contributed by atoms with Crippen molar-refractivity contribution in [3.8, 4) is 0 Å². The first-order chi connectivity index (χ1) is 13.8. The topological polar surface area (TPSA) is 93.2 Å². The van der Waals surface area contributed by atoms with Crippen LogP contribution in [0.15, 0.2) is 29.2 Å². The van der Waals surface area contributed by atoms with Crippen LogP contribution in [0, 0.1) is 0 Å². The second-order valence-corrected chi connectivity index (χ2v) is 9.56. The molecule has 2 heterocycles. The van der Waals surface area contributed by atoms with E-state index in [2.05, 4.69) is 0 Å². The third kappa shape index (κ3) is 5.34. The molecule has 3 rings (SSSR count). The smallest absolute Gasteiger partial charge is 0.338 e. The highest BCUT2D eigenvalue weighted by molar-refractivity contribution is 7.89. The highest BCUT2D eigenvalue weighted by Crippen LogP contribution is 2.21. The van der Waals surface area contributed by atoms with E-state index in [4.69, 9.17) is 9.47 Å². The molecule has 9 heteroatoms. The molecule has 0 saturated carbocycles. The van der Waals surface area contributed by atoms with Gasteiger partial charge in [0.15, 0.2) is 6.61 Å². The van der Waals surface area contributed by atoms with Gasteiger partial charge in [-0.05, 0) is 44.9 Å². The standard InChI is InChI=1S/C20H28N2O6S/c1-15-12-21(13-16(2)28-15)19(23)14-27-20(24)17-7-6-8-18(11-17)29(25,26)22-9-4-3-5-10-22/h6-8,11,15-16H,3-5,9-10,12-14H2,1-2H3/t15-,16+. The zero-order valence-corrected chi connectivity index (χ0v) is 17.7. The molecule has 1 amide bonds. The second-order valence-electron chi connectivity index (χ2n) is 7.62.